The van der Waals surface area contributed by atoms with E-state index in [0.717, 1.165) is 10.9 Å². The Morgan fingerprint density at radius 1 is 1.05 bits per heavy atom. The minimum atomic E-state index is -0.405. The smallest absolute Gasteiger partial charge is 0.289 e. The molecule has 3 rings (SSSR count). The minimum Gasteiger partial charge on any atom is -0.507 e. The number of fused-ring (bicyclic) bond motifs is 1. The van der Waals surface area contributed by atoms with Crippen molar-refractivity contribution in [3.63, 3.8) is 0 Å². The lowest BCUT2D eigenvalue weighted by atomic mass is 10.2. The maximum absolute atomic E-state index is 12.0. The van der Waals surface area contributed by atoms with Crippen LogP contribution in [0, 0.1) is 0 Å². The van der Waals surface area contributed by atoms with Crippen LogP contribution in [0.5, 0.6) is 5.75 Å². The summed E-state index contributed by atoms with van der Waals surface area (Å²) in [5.41, 5.74) is 3.95. The highest BCUT2D eigenvalue weighted by Gasteiger charge is 2.06. The molecule has 5 heteroatoms. The van der Waals surface area contributed by atoms with Crippen molar-refractivity contribution in [1.29, 1.82) is 0 Å². The Morgan fingerprint density at radius 2 is 1.82 bits per heavy atom. The molecule has 22 heavy (non-hydrogen) atoms. The third kappa shape index (κ3) is 2.93. The van der Waals surface area contributed by atoms with Crippen molar-refractivity contribution >= 4 is 23.0 Å². The molecule has 0 unspecified atom stereocenters. The minimum absolute atomic E-state index is 0.101. The van der Waals surface area contributed by atoms with Gasteiger partial charge in [-0.05, 0) is 24.3 Å². The third-order valence-electron chi connectivity index (χ3n) is 3.14. The molecular formula is C17H13N3O2. The standard InChI is InChI=1S/C17H13N3O2/c21-16-8-4-2-6-13(16)11-18-20-17(22)15-10-9-12-5-1-3-7-14(12)19-15/h1-11,21H,(H,20,22)/b18-11-. The van der Waals surface area contributed by atoms with E-state index in [2.05, 4.69) is 15.5 Å². The zero-order valence-corrected chi connectivity index (χ0v) is 11.6. The summed E-state index contributed by atoms with van der Waals surface area (Å²) in [6, 6.07) is 17.8. The Labute approximate surface area is 126 Å². The van der Waals surface area contributed by atoms with E-state index in [-0.39, 0.29) is 11.4 Å². The van der Waals surface area contributed by atoms with E-state index in [1.807, 2.05) is 30.3 Å². The summed E-state index contributed by atoms with van der Waals surface area (Å²) in [5.74, 6) is -0.304. The molecule has 2 N–H and O–H groups in total. The molecule has 0 aliphatic heterocycles. The quantitative estimate of drug-likeness (QED) is 0.575. The normalized spacial score (nSPS) is 10.9. The fourth-order valence-corrected chi connectivity index (χ4v) is 2.01. The number of hydrogen-bond acceptors (Lipinski definition) is 4. The van der Waals surface area contributed by atoms with Crippen molar-refractivity contribution in [3.05, 3.63) is 71.9 Å². The maximum atomic E-state index is 12.0. The van der Waals surface area contributed by atoms with E-state index in [4.69, 9.17) is 0 Å². The van der Waals surface area contributed by atoms with E-state index in [1.54, 1.807) is 30.3 Å². The van der Waals surface area contributed by atoms with Gasteiger partial charge in [-0.1, -0.05) is 36.4 Å². The van der Waals surface area contributed by atoms with Gasteiger partial charge in [0, 0.05) is 10.9 Å². The zero-order valence-electron chi connectivity index (χ0n) is 11.6. The number of para-hydroxylation sites is 2. The molecule has 1 heterocycles. The van der Waals surface area contributed by atoms with Gasteiger partial charge in [0.25, 0.3) is 5.91 Å². The van der Waals surface area contributed by atoms with Gasteiger partial charge in [0.05, 0.1) is 11.7 Å². The van der Waals surface area contributed by atoms with Crippen LogP contribution < -0.4 is 5.43 Å². The van der Waals surface area contributed by atoms with E-state index < -0.39 is 5.91 Å². The van der Waals surface area contributed by atoms with Crippen molar-refractivity contribution in [2.45, 2.75) is 0 Å². The summed E-state index contributed by atoms with van der Waals surface area (Å²) >= 11 is 0. The molecule has 1 aromatic heterocycles. The van der Waals surface area contributed by atoms with Gasteiger partial charge in [-0.15, -0.1) is 0 Å². The number of phenols is 1. The Kier molecular flexibility index (Phi) is 3.78. The molecule has 0 radical (unpaired) electrons. The van der Waals surface area contributed by atoms with Gasteiger partial charge in [-0.2, -0.15) is 5.10 Å². The molecule has 3 aromatic rings. The van der Waals surface area contributed by atoms with E-state index in [1.165, 1.54) is 6.21 Å². The van der Waals surface area contributed by atoms with Gasteiger partial charge < -0.3 is 5.11 Å². The van der Waals surface area contributed by atoms with Crippen LogP contribution in [0.4, 0.5) is 0 Å². The number of rotatable bonds is 3. The predicted molar refractivity (Wildman–Crippen MR) is 84.9 cm³/mol. The molecule has 0 saturated heterocycles. The number of hydrogen-bond donors (Lipinski definition) is 2. The van der Waals surface area contributed by atoms with Crippen LogP contribution in [0.1, 0.15) is 16.1 Å². The predicted octanol–water partition coefficient (Wildman–Crippen LogP) is 2.70. The van der Waals surface area contributed by atoms with Crippen molar-refractivity contribution in [2.24, 2.45) is 5.10 Å². The molecular weight excluding hydrogens is 278 g/mol. The van der Waals surface area contributed by atoms with Crippen LogP contribution in [0.2, 0.25) is 0 Å². The van der Waals surface area contributed by atoms with Crippen LogP contribution >= 0.6 is 0 Å². The molecule has 1 amide bonds. The molecule has 2 aromatic carbocycles. The lowest BCUT2D eigenvalue weighted by molar-refractivity contribution is 0.0950. The van der Waals surface area contributed by atoms with Gasteiger partial charge in [0.2, 0.25) is 0 Å². The highest BCUT2D eigenvalue weighted by Crippen LogP contribution is 2.13. The number of aromatic nitrogens is 1. The van der Waals surface area contributed by atoms with Crippen molar-refractivity contribution in [3.8, 4) is 5.75 Å². The van der Waals surface area contributed by atoms with E-state index >= 15 is 0 Å². The fraction of sp³-hybridized carbons (Fsp3) is 0. The highest BCUT2D eigenvalue weighted by molar-refractivity contribution is 5.95. The summed E-state index contributed by atoms with van der Waals surface area (Å²) in [6.07, 6.45) is 1.38. The number of nitrogens with one attached hydrogen (secondary N) is 1. The number of carbonyl (C=O) groups is 1. The number of amides is 1. The Bertz CT molecular complexity index is 859. The van der Waals surface area contributed by atoms with Crippen molar-refractivity contribution in [2.75, 3.05) is 0 Å². The summed E-state index contributed by atoms with van der Waals surface area (Å²) in [6.45, 7) is 0. The Balaban J connectivity index is 1.74. The van der Waals surface area contributed by atoms with Gasteiger partial charge in [0.1, 0.15) is 11.4 Å². The number of nitrogens with zero attached hydrogens (tertiary/aromatic N) is 2. The Morgan fingerprint density at radius 3 is 2.68 bits per heavy atom. The lowest BCUT2D eigenvalue weighted by Gasteiger charge is -2.02. The third-order valence-corrected chi connectivity index (χ3v) is 3.14. The summed E-state index contributed by atoms with van der Waals surface area (Å²) in [5, 5.41) is 14.4. The monoisotopic (exact) mass is 291 g/mol. The maximum Gasteiger partial charge on any atom is 0.289 e. The molecule has 0 aliphatic carbocycles. The highest BCUT2D eigenvalue weighted by atomic mass is 16.3. The molecule has 0 atom stereocenters. The fourth-order valence-electron chi connectivity index (χ4n) is 2.01. The number of pyridine rings is 1. The van der Waals surface area contributed by atoms with Crippen molar-refractivity contribution < 1.29 is 9.90 Å². The first-order valence-electron chi connectivity index (χ1n) is 6.71. The van der Waals surface area contributed by atoms with Gasteiger partial charge >= 0.3 is 0 Å². The van der Waals surface area contributed by atoms with Gasteiger partial charge in [-0.3, -0.25) is 4.79 Å². The second-order valence-corrected chi connectivity index (χ2v) is 4.65. The molecule has 0 aliphatic rings. The number of hydrazone groups is 1. The number of aromatic hydroxyl groups is 1. The topological polar surface area (TPSA) is 74.6 Å². The molecule has 0 bridgehead atoms. The van der Waals surface area contributed by atoms with E-state index in [0.29, 0.717) is 5.56 Å². The second kappa shape index (κ2) is 6.05. The van der Waals surface area contributed by atoms with Gasteiger partial charge in [-0.25, -0.2) is 10.4 Å². The first-order valence-corrected chi connectivity index (χ1v) is 6.71. The van der Waals surface area contributed by atoms with E-state index in [9.17, 15) is 9.90 Å². The van der Waals surface area contributed by atoms with Gasteiger partial charge in [0.15, 0.2) is 0 Å². The lowest BCUT2D eigenvalue weighted by Crippen LogP contribution is -2.18. The summed E-state index contributed by atoms with van der Waals surface area (Å²) in [4.78, 5) is 16.3. The van der Waals surface area contributed by atoms with Crippen molar-refractivity contribution in [1.82, 2.24) is 10.4 Å². The molecule has 0 saturated carbocycles. The SMILES string of the molecule is O=C(N/N=C\c1ccccc1O)c1ccc2ccccc2n1. The summed E-state index contributed by atoms with van der Waals surface area (Å²) < 4.78 is 0. The molecule has 0 fully saturated rings. The largest absolute Gasteiger partial charge is 0.507 e. The number of benzene rings is 2. The average molecular weight is 291 g/mol. The first-order chi connectivity index (χ1) is 10.7. The van der Waals surface area contributed by atoms with Crippen LogP contribution in [-0.2, 0) is 0 Å². The Hall–Kier alpha value is -3.21. The number of carbonyl (C=O) groups excluding carboxylic acids is 1. The van der Waals surface area contributed by atoms with Crippen LogP contribution in [0.25, 0.3) is 10.9 Å². The summed E-state index contributed by atoms with van der Waals surface area (Å²) in [7, 11) is 0. The average Bonchev–Trinajstić information content (AvgIpc) is 2.56. The first kappa shape index (κ1) is 13.8. The molecule has 5 nitrogen and oxygen atoms in total. The molecule has 108 valence electrons. The zero-order chi connectivity index (χ0) is 15.4. The van der Waals surface area contributed by atoms with Crippen LogP contribution in [0.15, 0.2) is 65.8 Å². The van der Waals surface area contributed by atoms with Crippen LogP contribution in [0.3, 0.4) is 0 Å². The number of phenolic OH excluding ortho intramolecular Hbond substituents is 1. The van der Waals surface area contributed by atoms with Crippen LogP contribution in [-0.4, -0.2) is 22.2 Å². The second-order valence-electron chi connectivity index (χ2n) is 4.65. The molecule has 0 spiro atoms.